The summed E-state index contributed by atoms with van der Waals surface area (Å²) in [7, 11) is -3.82. The standard InChI is InChI=1S/C19H26N4O3S2/c1-12-6-3-7-14(13(12)2)20-19(24)16-9-5-11-23(16)28(25,26)17-10-4-8-15-18(17)22-27-21-15/h4,8,10,12-14,16H,3,5-7,9,11H2,1-2H3,(H,20,24)/t12-,13+,14+,16+/m1/s1. The fourth-order valence-corrected chi connectivity index (χ4v) is 6.88. The first kappa shape index (κ1) is 19.7. The van der Waals surface area contributed by atoms with Gasteiger partial charge in [0.25, 0.3) is 0 Å². The van der Waals surface area contributed by atoms with Crippen molar-refractivity contribution in [2.24, 2.45) is 11.8 Å². The molecule has 28 heavy (non-hydrogen) atoms. The molecule has 4 rings (SSSR count). The summed E-state index contributed by atoms with van der Waals surface area (Å²) in [5.41, 5.74) is 0.949. The molecular formula is C19H26N4O3S2. The van der Waals surface area contributed by atoms with E-state index in [1.165, 1.54) is 10.7 Å². The van der Waals surface area contributed by atoms with Crippen molar-refractivity contribution in [2.45, 2.75) is 62.9 Å². The van der Waals surface area contributed by atoms with E-state index in [0.29, 0.717) is 42.3 Å². The summed E-state index contributed by atoms with van der Waals surface area (Å²) >= 11 is 0.994. The Balaban J connectivity index is 1.57. The largest absolute Gasteiger partial charge is 0.352 e. The zero-order valence-electron chi connectivity index (χ0n) is 16.2. The van der Waals surface area contributed by atoms with Crippen LogP contribution >= 0.6 is 11.7 Å². The van der Waals surface area contributed by atoms with Crippen LogP contribution in [0, 0.1) is 11.8 Å². The fraction of sp³-hybridized carbons (Fsp3) is 0.632. The summed E-state index contributed by atoms with van der Waals surface area (Å²) in [5, 5.41) is 3.16. The van der Waals surface area contributed by atoms with Crippen molar-refractivity contribution in [3.8, 4) is 0 Å². The lowest BCUT2D eigenvalue weighted by atomic mass is 9.78. The van der Waals surface area contributed by atoms with Crippen molar-refractivity contribution < 1.29 is 13.2 Å². The van der Waals surface area contributed by atoms with Crippen molar-refractivity contribution >= 4 is 38.7 Å². The van der Waals surface area contributed by atoms with E-state index in [9.17, 15) is 13.2 Å². The lowest BCUT2D eigenvalue weighted by molar-refractivity contribution is -0.125. The second kappa shape index (κ2) is 7.68. The lowest BCUT2D eigenvalue weighted by Gasteiger charge is -2.35. The molecule has 2 fully saturated rings. The lowest BCUT2D eigenvalue weighted by Crippen LogP contribution is -2.51. The Morgan fingerprint density at radius 2 is 2.00 bits per heavy atom. The van der Waals surface area contributed by atoms with E-state index in [-0.39, 0.29) is 16.8 Å². The normalized spacial score (nSPS) is 29.2. The predicted molar refractivity (Wildman–Crippen MR) is 108 cm³/mol. The molecule has 9 heteroatoms. The molecule has 7 nitrogen and oxygen atoms in total. The molecule has 1 aliphatic heterocycles. The molecule has 1 saturated carbocycles. The molecule has 1 aromatic carbocycles. The Morgan fingerprint density at radius 1 is 1.18 bits per heavy atom. The van der Waals surface area contributed by atoms with Crippen molar-refractivity contribution in [1.29, 1.82) is 0 Å². The van der Waals surface area contributed by atoms with Crippen molar-refractivity contribution in [3.05, 3.63) is 18.2 Å². The maximum atomic E-state index is 13.4. The zero-order chi connectivity index (χ0) is 19.9. The summed E-state index contributed by atoms with van der Waals surface area (Å²) in [5.74, 6) is 0.798. The molecule has 1 aromatic heterocycles. The number of amides is 1. The molecule has 1 aliphatic carbocycles. The molecule has 1 N–H and O–H groups in total. The van der Waals surface area contributed by atoms with Crippen LogP contribution in [0.4, 0.5) is 0 Å². The van der Waals surface area contributed by atoms with Crippen LogP contribution in [0.25, 0.3) is 11.0 Å². The maximum Gasteiger partial charge on any atom is 0.246 e. The number of fused-ring (bicyclic) bond motifs is 1. The number of hydrogen-bond donors (Lipinski definition) is 1. The molecule has 4 atom stereocenters. The van der Waals surface area contributed by atoms with Gasteiger partial charge in [-0.2, -0.15) is 13.1 Å². The number of aromatic nitrogens is 2. The summed E-state index contributed by atoms with van der Waals surface area (Å²) in [4.78, 5) is 13.2. The average molecular weight is 423 g/mol. The minimum absolute atomic E-state index is 0.118. The van der Waals surface area contributed by atoms with Crippen LogP contribution in [-0.2, 0) is 14.8 Å². The number of carbonyl (C=O) groups excluding carboxylic acids is 1. The van der Waals surface area contributed by atoms with Crippen molar-refractivity contribution in [1.82, 2.24) is 18.4 Å². The van der Waals surface area contributed by atoms with Gasteiger partial charge < -0.3 is 5.32 Å². The van der Waals surface area contributed by atoms with Crippen molar-refractivity contribution in [3.63, 3.8) is 0 Å². The quantitative estimate of drug-likeness (QED) is 0.818. The second-order valence-electron chi connectivity index (χ2n) is 8.04. The van der Waals surface area contributed by atoms with Crippen LogP contribution < -0.4 is 5.32 Å². The van der Waals surface area contributed by atoms with Crippen LogP contribution in [0.5, 0.6) is 0 Å². The van der Waals surface area contributed by atoms with Gasteiger partial charge in [0.1, 0.15) is 22.0 Å². The van der Waals surface area contributed by atoms with Gasteiger partial charge in [-0.05, 0) is 43.2 Å². The monoisotopic (exact) mass is 422 g/mol. The average Bonchev–Trinajstić information content (AvgIpc) is 3.34. The predicted octanol–water partition coefficient (Wildman–Crippen LogP) is 2.79. The molecule has 1 amide bonds. The molecule has 0 bridgehead atoms. The molecule has 2 aliphatic rings. The number of nitrogens with one attached hydrogen (secondary N) is 1. The molecule has 152 valence electrons. The van der Waals surface area contributed by atoms with Crippen molar-refractivity contribution in [2.75, 3.05) is 6.54 Å². The Bertz CT molecular complexity index is 974. The van der Waals surface area contributed by atoms with Gasteiger partial charge in [-0.1, -0.05) is 32.8 Å². The minimum atomic E-state index is -3.82. The van der Waals surface area contributed by atoms with E-state index < -0.39 is 16.1 Å². The Kier molecular flexibility index (Phi) is 5.41. The van der Waals surface area contributed by atoms with E-state index >= 15 is 0 Å². The summed E-state index contributed by atoms with van der Waals surface area (Å²) < 4.78 is 36.4. The number of hydrogen-bond acceptors (Lipinski definition) is 6. The zero-order valence-corrected chi connectivity index (χ0v) is 17.8. The fourth-order valence-electron chi connectivity index (χ4n) is 4.47. The molecule has 0 radical (unpaired) electrons. The molecule has 1 saturated heterocycles. The Hall–Kier alpha value is -1.58. The Morgan fingerprint density at radius 3 is 2.82 bits per heavy atom. The Labute approximate surface area is 169 Å². The van der Waals surface area contributed by atoms with Gasteiger partial charge in [0, 0.05) is 12.6 Å². The third kappa shape index (κ3) is 3.44. The van der Waals surface area contributed by atoms with Gasteiger partial charge >= 0.3 is 0 Å². The summed E-state index contributed by atoms with van der Waals surface area (Å²) in [6.45, 7) is 4.75. The summed E-state index contributed by atoms with van der Waals surface area (Å²) in [6.07, 6.45) is 4.47. The van der Waals surface area contributed by atoms with Crippen LogP contribution in [0.3, 0.4) is 0 Å². The topological polar surface area (TPSA) is 92.3 Å². The smallest absolute Gasteiger partial charge is 0.246 e. The first-order chi connectivity index (χ1) is 13.4. The first-order valence-corrected chi connectivity index (χ1v) is 12.1. The molecule has 0 unspecified atom stereocenters. The maximum absolute atomic E-state index is 13.4. The van der Waals surface area contributed by atoms with Gasteiger partial charge in [-0.3, -0.25) is 4.79 Å². The second-order valence-corrected chi connectivity index (χ2v) is 10.4. The van der Waals surface area contributed by atoms with Gasteiger partial charge in [0.05, 0.1) is 11.7 Å². The highest BCUT2D eigenvalue weighted by Crippen LogP contribution is 2.32. The van der Waals surface area contributed by atoms with Crippen LogP contribution in [-0.4, -0.2) is 46.0 Å². The van der Waals surface area contributed by atoms with Crippen LogP contribution in [0.1, 0.15) is 46.0 Å². The number of rotatable bonds is 4. The van der Waals surface area contributed by atoms with Gasteiger partial charge in [0.15, 0.2) is 0 Å². The minimum Gasteiger partial charge on any atom is -0.352 e. The van der Waals surface area contributed by atoms with Crippen LogP contribution in [0.15, 0.2) is 23.1 Å². The van der Waals surface area contributed by atoms with E-state index in [1.54, 1.807) is 18.2 Å². The van der Waals surface area contributed by atoms with Gasteiger partial charge in [0.2, 0.25) is 15.9 Å². The highest BCUT2D eigenvalue weighted by Gasteiger charge is 2.41. The van der Waals surface area contributed by atoms with E-state index in [1.807, 2.05) is 0 Å². The first-order valence-electron chi connectivity index (χ1n) is 9.93. The van der Waals surface area contributed by atoms with Gasteiger partial charge in [-0.15, -0.1) is 0 Å². The molecule has 0 spiro atoms. The molecular weight excluding hydrogens is 396 g/mol. The van der Waals surface area contributed by atoms with E-state index in [4.69, 9.17) is 0 Å². The number of nitrogens with zero attached hydrogens (tertiary/aromatic N) is 3. The third-order valence-electron chi connectivity index (χ3n) is 6.38. The van der Waals surface area contributed by atoms with E-state index in [2.05, 4.69) is 27.9 Å². The molecule has 2 aromatic rings. The van der Waals surface area contributed by atoms with Crippen LogP contribution in [0.2, 0.25) is 0 Å². The summed E-state index contributed by atoms with van der Waals surface area (Å²) in [6, 6.07) is 4.44. The third-order valence-corrected chi connectivity index (χ3v) is 8.86. The SMILES string of the molecule is C[C@H]1[C@H](C)CCC[C@@H]1NC(=O)[C@@H]1CCCN1S(=O)(=O)c1cccc2nsnc12. The highest BCUT2D eigenvalue weighted by molar-refractivity contribution is 7.89. The molecule has 2 heterocycles. The number of benzene rings is 1. The van der Waals surface area contributed by atoms with E-state index in [0.717, 1.165) is 24.6 Å². The number of sulfonamides is 1. The highest BCUT2D eigenvalue weighted by atomic mass is 32.2. The van der Waals surface area contributed by atoms with Gasteiger partial charge in [-0.25, -0.2) is 8.42 Å². The number of carbonyl (C=O) groups is 1.